The summed E-state index contributed by atoms with van der Waals surface area (Å²) in [6, 6.07) is 1.51. The first kappa shape index (κ1) is 11.8. The highest BCUT2D eigenvalue weighted by Crippen LogP contribution is 2.28. The van der Waals surface area contributed by atoms with Crippen LogP contribution in [0, 0.1) is 5.92 Å². The molecule has 1 aliphatic carbocycles. The van der Waals surface area contributed by atoms with Crippen molar-refractivity contribution >= 4 is 11.9 Å². The molecular formula is C11H15N3O3. The third-order valence-corrected chi connectivity index (χ3v) is 2.94. The molecule has 0 radical (unpaired) electrons. The molecule has 0 amide bonds. The number of nitrogens with zero attached hydrogens (tertiary/aromatic N) is 2. The van der Waals surface area contributed by atoms with Crippen LogP contribution in [0.2, 0.25) is 0 Å². The summed E-state index contributed by atoms with van der Waals surface area (Å²) < 4.78 is 4.67. The fraction of sp³-hybridized carbons (Fsp3) is 0.545. The molecule has 6 nitrogen and oxygen atoms in total. The standard InChI is InChI=1S/C11H15N3O3/c1-17-10(16)7-5-8(9(15)6-7)14-11-12-3-2-4-13-11/h2-4,7-9,15H,5-6H2,1H3,(H,12,13,14). The highest BCUT2D eigenvalue weighted by Gasteiger charge is 2.37. The number of hydrogen-bond donors (Lipinski definition) is 2. The molecule has 6 heteroatoms. The van der Waals surface area contributed by atoms with Gasteiger partial charge in [-0.3, -0.25) is 4.79 Å². The molecule has 1 aromatic heterocycles. The van der Waals surface area contributed by atoms with E-state index >= 15 is 0 Å². The third kappa shape index (κ3) is 2.71. The Morgan fingerprint density at radius 1 is 1.47 bits per heavy atom. The van der Waals surface area contributed by atoms with Crippen LogP contribution in [0.15, 0.2) is 18.5 Å². The summed E-state index contributed by atoms with van der Waals surface area (Å²) in [5.41, 5.74) is 0. The number of anilines is 1. The van der Waals surface area contributed by atoms with Crippen molar-refractivity contribution in [3.8, 4) is 0 Å². The number of methoxy groups -OCH3 is 1. The fourth-order valence-corrected chi connectivity index (χ4v) is 2.07. The Morgan fingerprint density at radius 3 is 2.82 bits per heavy atom. The first-order valence-corrected chi connectivity index (χ1v) is 5.50. The topological polar surface area (TPSA) is 84.3 Å². The number of carbonyl (C=O) groups is 1. The van der Waals surface area contributed by atoms with E-state index in [9.17, 15) is 9.90 Å². The lowest BCUT2D eigenvalue weighted by Crippen LogP contribution is -2.28. The lowest BCUT2D eigenvalue weighted by Gasteiger charge is -2.15. The molecule has 1 fully saturated rings. The Balaban J connectivity index is 1.97. The van der Waals surface area contributed by atoms with Gasteiger partial charge >= 0.3 is 5.97 Å². The Morgan fingerprint density at radius 2 is 2.18 bits per heavy atom. The summed E-state index contributed by atoms with van der Waals surface area (Å²) in [5, 5.41) is 12.9. The molecule has 2 rings (SSSR count). The van der Waals surface area contributed by atoms with Gasteiger partial charge in [0.1, 0.15) is 0 Å². The van der Waals surface area contributed by atoms with Crippen LogP contribution in [0.25, 0.3) is 0 Å². The second kappa shape index (κ2) is 5.09. The maximum atomic E-state index is 11.4. The van der Waals surface area contributed by atoms with Gasteiger partial charge in [-0.15, -0.1) is 0 Å². The van der Waals surface area contributed by atoms with E-state index < -0.39 is 6.10 Å². The highest BCUT2D eigenvalue weighted by atomic mass is 16.5. The maximum absolute atomic E-state index is 11.4. The van der Waals surface area contributed by atoms with Crippen molar-refractivity contribution in [1.82, 2.24) is 9.97 Å². The SMILES string of the molecule is COC(=O)C1CC(O)C(Nc2ncccn2)C1. The molecule has 1 aliphatic rings. The zero-order valence-electron chi connectivity index (χ0n) is 9.54. The van der Waals surface area contributed by atoms with Gasteiger partial charge in [0, 0.05) is 12.4 Å². The number of aromatic nitrogens is 2. The Bertz CT molecular complexity index is 385. The van der Waals surface area contributed by atoms with Crippen LogP contribution < -0.4 is 5.32 Å². The number of carbonyl (C=O) groups excluding carboxylic acids is 1. The van der Waals surface area contributed by atoms with Crippen LogP contribution in [0.3, 0.4) is 0 Å². The van der Waals surface area contributed by atoms with E-state index in [1.165, 1.54) is 7.11 Å². The van der Waals surface area contributed by atoms with Crippen molar-refractivity contribution in [3.05, 3.63) is 18.5 Å². The zero-order chi connectivity index (χ0) is 12.3. The number of ether oxygens (including phenoxy) is 1. The molecule has 3 atom stereocenters. The van der Waals surface area contributed by atoms with Gasteiger partial charge in [-0.05, 0) is 18.9 Å². The number of nitrogens with one attached hydrogen (secondary N) is 1. The van der Waals surface area contributed by atoms with Gasteiger partial charge in [0.05, 0.1) is 25.2 Å². The number of hydrogen-bond acceptors (Lipinski definition) is 6. The minimum absolute atomic E-state index is 0.207. The van der Waals surface area contributed by atoms with Gasteiger partial charge in [-0.1, -0.05) is 0 Å². The lowest BCUT2D eigenvalue weighted by atomic mass is 10.1. The molecule has 1 aromatic rings. The summed E-state index contributed by atoms with van der Waals surface area (Å²) in [7, 11) is 1.36. The molecule has 1 heterocycles. The monoisotopic (exact) mass is 237 g/mol. The molecule has 92 valence electrons. The van der Waals surface area contributed by atoms with E-state index in [0.717, 1.165) is 0 Å². The minimum Gasteiger partial charge on any atom is -0.469 e. The molecule has 17 heavy (non-hydrogen) atoms. The summed E-state index contributed by atoms with van der Waals surface area (Å²) in [5.74, 6) is -0.0689. The third-order valence-electron chi connectivity index (χ3n) is 2.94. The van der Waals surface area contributed by atoms with E-state index in [1.54, 1.807) is 18.5 Å². The average molecular weight is 237 g/mol. The molecule has 0 spiro atoms. The first-order valence-electron chi connectivity index (χ1n) is 5.50. The maximum Gasteiger partial charge on any atom is 0.308 e. The van der Waals surface area contributed by atoms with Crippen LogP contribution in [-0.2, 0) is 9.53 Å². The zero-order valence-corrected chi connectivity index (χ0v) is 9.54. The molecule has 0 saturated heterocycles. The van der Waals surface area contributed by atoms with Gasteiger partial charge in [-0.2, -0.15) is 0 Å². The minimum atomic E-state index is -0.581. The van der Waals surface area contributed by atoms with Gasteiger partial charge in [0.15, 0.2) is 0 Å². The molecule has 1 saturated carbocycles. The second-order valence-corrected chi connectivity index (χ2v) is 4.08. The van der Waals surface area contributed by atoms with Crippen LogP contribution in [0.1, 0.15) is 12.8 Å². The van der Waals surface area contributed by atoms with E-state index in [4.69, 9.17) is 0 Å². The van der Waals surface area contributed by atoms with E-state index in [1.807, 2.05) is 0 Å². The normalized spacial score (nSPS) is 27.8. The second-order valence-electron chi connectivity index (χ2n) is 4.08. The van der Waals surface area contributed by atoms with Crippen molar-refractivity contribution in [2.75, 3.05) is 12.4 Å². The van der Waals surface area contributed by atoms with E-state index in [2.05, 4.69) is 20.0 Å². The fourth-order valence-electron chi connectivity index (χ4n) is 2.07. The number of aliphatic hydroxyl groups is 1. The molecule has 0 bridgehead atoms. The molecule has 3 unspecified atom stereocenters. The van der Waals surface area contributed by atoms with Gasteiger partial charge in [-0.25, -0.2) is 9.97 Å². The van der Waals surface area contributed by atoms with Crippen LogP contribution in [-0.4, -0.2) is 40.3 Å². The Kier molecular flexibility index (Phi) is 3.53. The van der Waals surface area contributed by atoms with Crippen LogP contribution >= 0.6 is 0 Å². The molecule has 2 N–H and O–H groups in total. The summed E-state index contributed by atoms with van der Waals surface area (Å²) in [4.78, 5) is 19.4. The average Bonchev–Trinajstić information content (AvgIpc) is 2.71. The number of rotatable bonds is 3. The number of aliphatic hydroxyl groups excluding tert-OH is 1. The first-order chi connectivity index (χ1) is 8.20. The van der Waals surface area contributed by atoms with E-state index in [-0.39, 0.29) is 17.9 Å². The Hall–Kier alpha value is -1.69. The van der Waals surface area contributed by atoms with Crippen molar-refractivity contribution in [2.45, 2.75) is 25.0 Å². The van der Waals surface area contributed by atoms with Gasteiger partial charge < -0.3 is 15.2 Å². The smallest absolute Gasteiger partial charge is 0.308 e. The largest absolute Gasteiger partial charge is 0.469 e. The molecule has 0 aliphatic heterocycles. The summed E-state index contributed by atoms with van der Waals surface area (Å²) >= 11 is 0. The van der Waals surface area contributed by atoms with Crippen molar-refractivity contribution in [3.63, 3.8) is 0 Å². The molecular weight excluding hydrogens is 222 g/mol. The van der Waals surface area contributed by atoms with Crippen LogP contribution in [0.4, 0.5) is 5.95 Å². The lowest BCUT2D eigenvalue weighted by molar-refractivity contribution is -0.145. The van der Waals surface area contributed by atoms with Crippen LogP contribution in [0.5, 0.6) is 0 Å². The van der Waals surface area contributed by atoms with Crippen molar-refractivity contribution in [2.24, 2.45) is 5.92 Å². The number of esters is 1. The quantitative estimate of drug-likeness (QED) is 0.731. The van der Waals surface area contributed by atoms with E-state index in [0.29, 0.717) is 18.8 Å². The van der Waals surface area contributed by atoms with Crippen molar-refractivity contribution in [1.29, 1.82) is 0 Å². The predicted octanol–water partition coefficient (Wildman–Crippen LogP) is 0.201. The highest BCUT2D eigenvalue weighted by molar-refractivity contribution is 5.73. The Labute approximate surface area is 99.0 Å². The van der Waals surface area contributed by atoms with Crippen molar-refractivity contribution < 1.29 is 14.6 Å². The predicted molar refractivity (Wildman–Crippen MR) is 60.2 cm³/mol. The molecule has 0 aromatic carbocycles. The van der Waals surface area contributed by atoms with Gasteiger partial charge in [0.25, 0.3) is 0 Å². The van der Waals surface area contributed by atoms with Gasteiger partial charge in [0.2, 0.25) is 5.95 Å². The summed E-state index contributed by atoms with van der Waals surface area (Å²) in [6.45, 7) is 0. The summed E-state index contributed by atoms with van der Waals surface area (Å²) in [6.07, 6.45) is 3.61.